The van der Waals surface area contributed by atoms with Gasteiger partial charge in [0.15, 0.2) is 0 Å². The van der Waals surface area contributed by atoms with Crippen LogP contribution in [0.1, 0.15) is 31.7 Å². The van der Waals surface area contributed by atoms with Gasteiger partial charge in [-0.05, 0) is 24.7 Å². The molecule has 3 nitrogen and oxygen atoms in total. The highest BCUT2D eigenvalue weighted by atomic mass is 32.2. The van der Waals surface area contributed by atoms with Gasteiger partial charge in [0.1, 0.15) is 6.61 Å². The van der Waals surface area contributed by atoms with Gasteiger partial charge in [0, 0.05) is 17.8 Å². The minimum Gasteiger partial charge on any atom is -0.461 e. The summed E-state index contributed by atoms with van der Waals surface area (Å²) in [6.07, 6.45) is 5.96. The molecule has 0 aromatic heterocycles. The van der Waals surface area contributed by atoms with Crippen molar-refractivity contribution in [1.82, 2.24) is 5.32 Å². The third kappa shape index (κ3) is 5.04. The lowest BCUT2D eigenvalue weighted by Crippen LogP contribution is -2.38. The molecule has 1 aliphatic rings. The van der Waals surface area contributed by atoms with Crippen LogP contribution < -0.4 is 5.32 Å². The van der Waals surface area contributed by atoms with E-state index < -0.39 is 0 Å². The molecule has 0 saturated heterocycles. The molecule has 1 fully saturated rings. The standard InChI is InChI=1S/C17H25NO2S/c1-13(11-18-15-9-6-10-16(15)21-2)17(19)20-12-14-7-4-3-5-8-14/h3-5,7-8,13,15-16,18H,6,9-12H2,1-2H3. The van der Waals surface area contributed by atoms with Gasteiger partial charge in [-0.1, -0.05) is 43.7 Å². The number of carbonyl (C=O) groups is 1. The van der Waals surface area contributed by atoms with Crippen LogP contribution in [-0.4, -0.2) is 30.1 Å². The maximum absolute atomic E-state index is 12.0. The Kier molecular flexibility index (Phi) is 6.58. The summed E-state index contributed by atoms with van der Waals surface area (Å²) < 4.78 is 5.37. The summed E-state index contributed by atoms with van der Waals surface area (Å²) in [5.41, 5.74) is 1.03. The molecule has 0 aliphatic heterocycles. The van der Waals surface area contributed by atoms with Crippen molar-refractivity contribution >= 4 is 17.7 Å². The molecule has 1 N–H and O–H groups in total. The number of esters is 1. The molecule has 1 saturated carbocycles. The van der Waals surface area contributed by atoms with Crippen molar-refractivity contribution in [2.24, 2.45) is 5.92 Å². The third-order valence-corrected chi connectivity index (χ3v) is 5.24. The molecule has 0 spiro atoms. The zero-order valence-electron chi connectivity index (χ0n) is 12.9. The van der Waals surface area contributed by atoms with E-state index in [2.05, 4.69) is 11.6 Å². The molecule has 2 rings (SSSR count). The van der Waals surface area contributed by atoms with E-state index in [0.717, 1.165) is 5.56 Å². The predicted octanol–water partition coefficient (Wildman–Crippen LogP) is 3.24. The third-order valence-electron chi connectivity index (χ3n) is 4.07. The molecule has 0 amide bonds. The van der Waals surface area contributed by atoms with Crippen molar-refractivity contribution in [2.75, 3.05) is 12.8 Å². The summed E-state index contributed by atoms with van der Waals surface area (Å²) in [5.74, 6) is -0.220. The van der Waals surface area contributed by atoms with E-state index in [1.807, 2.05) is 49.0 Å². The van der Waals surface area contributed by atoms with Crippen LogP contribution in [0, 0.1) is 5.92 Å². The quantitative estimate of drug-likeness (QED) is 0.785. The Morgan fingerprint density at radius 1 is 1.38 bits per heavy atom. The van der Waals surface area contributed by atoms with Crippen LogP contribution in [0.3, 0.4) is 0 Å². The van der Waals surface area contributed by atoms with Gasteiger partial charge in [0.2, 0.25) is 0 Å². The van der Waals surface area contributed by atoms with Crippen LogP contribution in [0.25, 0.3) is 0 Å². The van der Waals surface area contributed by atoms with E-state index >= 15 is 0 Å². The fraction of sp³-hybridized carbons (Fsp3) is 0.588. The molecule has 3 unspecified atom stereocenters. The van der Waals surface area contributed by atoms with Crippen LogP contribution >= 0.6 is 11.8 Å². The van der Waals surface area contributed by atoms with Crippen molar-refractivity contribution in [3.63, 3.8) is 0 Å². The summed E-state index contributed by atoms with van der Waals surface area (Å²) in [7, 11) is 0. The molecule has 0 heterocycles. The summed E-state index contributed by atoms with van der Waals surface area (Å²) in [4.78, 5) is 12.0. The topological polar surface area (TPSA) is 38.3 Å². The Labute approximate surface area is 131 Å². The van der Waals surface area contributed by atoms with Gasteiger partial charge in [0.05, 0.1) is 5.92 Å². The Morgan fingerprint density at radius 3 is 2.86 bits per heavy atom. The van der Waals surface area contributed by atoms with Crippen molar-refractivity contribution in [2.45, 2.75) is 44.1 Å². The minimum absolute atomic E-state index is 0.100. The van der Waals surface area contributed by atoms with Gasteiger partial charge in [-0.3, -0.25) is 4.79 Å². The average molecular weight is 307 g/mol. The summed E-state index contributed by atoms with van der Waals surface area (Å²) in [5, 5.41) is 4.23. The molecule has 0 radical (unpaired) electrons. The van der Waals surface area contributed by atoms with E-state index in [4.69, 9.17) is 4.74 Å². The molecule has 1 aromatic carbocycles. The summed E-state index contributed by atoms with van der Waals surface area (Å²) in [6, 6.07) is 10.4. The number of benzene rings is 1. The van der Waals surface area contributed by atoms with Crippen molar-refractivity contribution in [3.05, 3.63) is 35.9 Å². The molecule has 116 valence electrons. The Morgan fingerprint density at radius 2 is 2.14 bits per heavy atom. The molecule has 4 heteroatoms. The second-order valence-corrected chi connectivity index (χ2v) is 6.79. The molecule has 3 atom stereocenters. The minimum atomic E-state index is -0.120. The van der Waals surface area contributed by atoms with E-state index in [9.17, 15) is 4.79 Å². The van der Waals surface area contributed by atoms with Gasteiger partial charge in [-0.15, -0.1) is 0 Å². The molecule has 21 heavy (non-hydrogen) atoms. The second-order valence-electron chi connectivity index (χ2n) is 5.71. The zero-order chi connectivity index (χ0) is 15.1. The first-order valence-electron chi connectivity index (χ1n) is 7.67. The highest BCUT2D eigenvalue weighted by Crippen LogP contribution is 2.28. The monoisotopic (exact) mass is 307 g/mol. The second kappa shape index (κ2) is 8.44. The summed E-state index contributed by atoms with van der Waals surface area (Å²) >= 11 is 1.93. The number of hydrogen-bond acceptors (Lipinski definition) is 4. The number of rotatable bonds is 7. The normalized spacial score (nSPS) is 23.0. The first-order chi connectivity index (χ1) is 10.2. The van der Waals surface area contributed by atoms with Gasteiger partial charge in [0.25, 0.3) is 0 Å². The number of carbonyl (C=O) groups excluding carboxylic acids is 1. The molecule has 1 aromatic rings. The largest absolute Gasteiger partial charge is 0.461 e. The van der Waals surface area contributed by atoms with E-state index in [-0.39, 0.29) is 11.9 Å². The van der Waals surface area contributed by atoms with E-state index in [1.54, 1.807) is 0 Å². The van der Waals surface area contributed by atoms with Gasteiger partial charge < -0.3 is 10.1 Å². The predicted molar refractivity (Wildman–Crippen MR) is 88.3 cm³/mol. The molecular formula is C17H25NO2S. The van der Waals surface area contributed by atoms with E-state index in [1.165, 1.54) is 19.3 Å². The first kappa shape index (κ1) is 16.4. The number of ether oxygens (including phenoxy) is 1. The number of hydrogen-bond donors (Lipinski definition) is 1. The highest BCUT2D eigenvalue weighted by Gasteiger charge is 2.27. The molecular weight excluding hydrogens is 282 g/mol. The van der Waals surface area contributed by atoms with Crippen molar-refractivity contribution in [1.29, 1.82) is 0 Å². The summed E-state index contributed by atoms with van der Waals surface area (Å²) in [6.45, 7) is 3.00. The lowest BCUT2D eigenvalue weighted by Gasteiger charge is -2.21. The van der Waals surface area contributed by atoms with E-state index in [0.29, 0.717) is 24.4 Å². The highest BCUT2D eigenvalue weighted by molar-refractivity contribution is 7.99. The van der Waals surface area contributed by atoms with Crippen LogP contribution in [0.4, 0.5) is 0 Å². The molecule has 1 aliphatic carbocycles. The van der Waals surface area contributed by atoms with Gasteiger partial charge >= 0.3 is 5.97 Å². The van der Waals surface area contributed by atoms with Crippen LogP contribution in [0.15, 0.2) is 30.3 Å². The first-order valence-corrected chi connectivity index (χ1v) is 8.96. The Balaban J connectivity index is 1.70. The van der Waals surface area contributed by atoms with Crippen molar-refractivity contribution in [3.8, 4) is 0 Å². The average Bonchev–Trinajstić information content (AvgIpc) is 2.98. The lowest BCUT2D eigenvalue weighted by molar-refractivity contribution is -0.149. The fourth-order valence-electron chi connectivity index (χ4n) is 2.72. The number of thioether (sulfide) groups is 1. The van der Waals surface area contributed by atoms with Crippen LogP contribution in [0.5, 0.6) is 0 Å². The Bertz CT molecular complexity index is 438. The SMILES string of the molecule is CSC1CCCC1NCC(C)C(=O)OCc1ccccc1. The van der Waals surface area contributed by atoms with Crippen LogP contribution in [0.2, 0.25) is 0 Å². The smallest absolute Gasteiger partial charge is 0.310 e. The number of nitrogens with one attached hydrogen (secondary N) is 1. The van der Waals surface area contributed by atoms with Gasteiger partial charge in [-0.25, -0.2) is 0 Å². The van der Waals surface area contributed by atoms with Crippen molar-refractivity contribution < 1.29 is 9.53 Å². The fourth-order valence-corrected chi connectivity index (χ4v) is 3.69. The maximum atomic E-state index is 12.0. The van der Waals surface area contributed by atoms with Crippen LogP contribution in [-0.2, 0) is 16.1 Å². The zero-order valence-corrected chi connectivity index (χ0v) is 13.7. The lowest BCUT2D eigenvalue weighted by atomic mass is 10.1. The maximum Gasteiger partial charge on any atom is 0.310 e. The molecule has 0 bridgehead atoms. The van der Waals surface area contributed by atoms with Gasteiger partial charge in [-0.2, -0.15) is 11.8 Å². The Hall–Kier alpha value is -1.00.